The third kappa shape index (κ3) is 5.83. The van der Waals surface area contributed by atoms with Crippen LogP contribution in [0.3, 0.4) is 0 Å². The van der Waals surface area contributed by atoms with Gasteiger partial charge < -0.3 is 25.6 Å². The maximum atomic E-state index is 14.2. The summed E-state index contributed by atoms with van der Waals surface area (Å²) in [5.41, 5.74) is 0.434. The summed E-state index contributed by atoms with van der Waals surface area (Å²) in [6, 6.07) is 7.72. The summed E-state index contributed by atoms with van der Waals surface area (Å²) in [5, 5.41) is 23.3. The van der Waals surface area contributed by atoms with Gasteiger partial charge in [-0.15, -0.1) is 0 Å². The molecule has 0 radical (unpaired) electrons. The van der Waals surface area contributed by atoms with Crippen LogP contribution in [-0.4, -0.2) is 58.3 Å². The normalized spacial score (nSPS) is 17.5. The maximum Gasteiger partial charge on any atom is 0.325 e. The van der Waals surface area contributed by atoms with Crippen LogP contribution in [0.4, 0.5) is 14.9 Å². The van der Waals surface area contributed by atoms with E-state index in [1.165, 1.54) is 12.1 Å². The molecule has 9 nitrogen and oxygen atoms in total. The topological polar surface area (TPSA) is 128 Å². The lowest BCUT2D eigenvalue weighted by Gasteiger charge is -2.27. The highest BCUT2D eigenvalue weighted by atomic mass is 127. The minimum Gasteiger partial charge on any atom is -0.491 e. The van der Waals surface area contributed by atoms with E-state index in [-0.39, 0.29) is 12.3 Å². The minimum absolute atomic E-state index is 0.0402. The third-order valence-electron chi connectivity index (χ3n) is 5.20. The number of hydrogen-bond acceptors (Lipinski definition) is 6. The van der Waals surface area contributed by atoms with E-state index in [9.17, 15) is 23.9 Å². The molecule has 0 saturated carbocycles. The molecule has 4 N–H and O–H groups in total. The molecule has 1 fully saturated rings. The molecule has 0 aliphatic carbocycles. The van der Waals surface area contributed by atoms with Gasteiger partial charge in [0, 0.05) is 3.57 Å². The summed E-state index contributed by atoms with van der Waals surface area (Å²) < 4.78 is 20.2. The van der Waals surface area contributed by atoms with Gasteiger partial charge >= 0.3 is 6.03 Å². The predicted octanol–water partition coefficient (Wildman–Crippen LogP) is 2.42. The Bertz CT molecular complexity index is 1070. The van der Waals surface area contributed by atoms with Crippen molar-refractivity contribution < 1.29 is 33.7 Å². The van der Waals surface area contributed by atoms with Gasteiger partial charge in [0.15, 0.2) is 0 Å². The average molecular weight is 585 g/mol. The van der Waals surface area contributed by atoms with Crippen LogP contribution >= 0.6 is 22.6 Å². The molecule has 2 aromatic carbocycles. The van der Waals surface area contributed by atoms with Gasteiger partial charge in [0.25, 0.3) is 5.91 Å². The zero-order chi connectivity index (χ0) is 25.0. The lowest BCUT2D eigenvalue weighted by atomic mass is 10.0. The maximum absolute atomic E-state index is 14.2. The molecule has 182 valence electrons. The van der Waals surface area contributed by atoms with Crippen molar-refractivity contribution in [3.8, 4) is 5.75 Å². The van der Waals surface area contributed by atoms with E-state index in [0.717, 1.165) is 4.90 Å². The number of urea groups is 1. The zero-order valence-corrected chi connectivity index (χ0v) is 20.7. The summed E-state index contributed by atoms with van der Waals surface area (Å²) in [6.07, 6.45) is -1.02. The standard InChI is InChI=1S/C23H25FIN3O6/c1-12(2)20(21(31)26-18-8-5-14(25)9-17(18)24)28-22(32)19(27-23(28)33)13-3-6-16(7-4-13)34-11-15(30)10-29/h3-9,12,15,19-20,29-30H,10-11H2,1-2H3,(H,26,31)(H,27,33). The molecule has 2 aromatic rings. The van der Waals surface area contributed by atoms with Gasteiger partial charge in [-0.1, -0.05) is 26.0 Å². The molecule has 1 heterocycles. The van der Waals surface area contributed by atoms with Gasteiger partial charge in [-0.25, -0.2) is 14.1 Å². The van der Waals surface area contributed by atoms with Gasteiger partial charge in [0.1, 0.15) is 36.4 Å². The Labute approximate surface area is 209 Å². The molecule has 3 atom stereocenters. The van der Waals surface area contributed by atoms with Crippen molar-refractivity contribution in [3.63, 3.8) is 0 Å². The molecule has 3 rings (SSSR count). The highest BCUT2D eigenvalue weighted by Crippen LogP contribution is 2.28. The Morgan fingerprint density at radius 1 is 1.24 bits per heavy atom. The monoisotopic (exact) mass is 585 g/mol. The summed E-state index contributed by atoms with van der Waals surface area (Å²) >= 11 is 1.95. The van der Waals surface area contributed by atoms with Crippen molar-refractivity contribution in [2.45, 2.75) is 32.0 Å². The van der Waals surface area contributed by atoms with E-state index >= 15 is 0 Å². The van der Waals surface area contributed by atoms with Crippen LogP contribution in [-0.2, 0) is 9.59 Å². The Balaban J connectivity index is 1.76. The number of nitrogens with zero attached hydrogens (tertiary/aromatic N) is 1. The lowest BCUT2D eigenvalue weighted by molar-refractivity contribution is -0.135. The molecule has 1 aliphatic rings. The van der Waals surface area contributed by atoms with Crippen molar-refractivity contribution in [3.05, 3.63) is 57.4 Å². The number of hydrogen-bond donors (Lipinski definition) is 4. The van der Waals surface area contributed by atoms with E-state index in [1.54, 1.807) is 44.2 Å². The summed E-state index contributed by atoms with van der Waals surface area (Å²) in [6.45, 7) is 2.84. The summed E-state index contributed by atoms with van der Waals surface area (Å²) in [5.74, 6) is -1.93. The average Bonchev–Trinajstić information content (AvgIpc) is 3.08. The molecule has 1 aliphatic heterocycles. The Hall–Kier alpha value is -2.77. The van der Waals surface area contributed by atoms with Crippen LogP contribution in [0.2, 0.25) is 0 Å². The number of nitrogens with one attached hydrogen (secondary N) is 2. The van der Waals surface area contributed by atoms with Gasteiger partial charge in [0.05, 0.1) is 12.3 Å². The number of carbonyl (C=O) groups is 3. The van der Waals surface area contributed by atoms with E-state index in [4.69, 9.17) is 9.84 Å². The van der Waals surface area contributed by atoms with Crippen molar-refractivity contribution in [2.75, 3.05) is 18.5 Å². The molecular weight excluding hydrogens is 560 g/mol. The first-order chi connectivity index (χ1) is 16.1. The summed E-state index contributed by atoms with van der Waals surface area (Å²) in [4.78, 5) is 39.8. The van der Waals surface area contributed by atoms with Gasteiger partial charge in [0.2, 0.25) is 5.91 Å². The number of imide groups is 1. The second-order valence-electron chi connectivity index (χ2n) is 8.11. The van der Waals surface area contributed by atoms with Crippen LogP contribution in [0.15, 0.2) is 42.5 Å². The fraction of sp³-hybridized carbons (Fsp3) is 0.348. The molecule has 34 heavy (non-hydrogen) atoms. The molecule has 0 bridgehead atoms. The van der Waals surface area contributed by atoms with Crippen LogP contribution in [0.1, 0.15) is 25.5 Å². The Morgan fingerprint density at radius 3 is 2.50 bits per heavy atom. The highest BCUT2D eigenvalue weighted by molar-refractivity contribution is 14.1. The molecule has 4 amide bonds. The number of rotatable bonds is 9. The number of aliphatic hydroxyl groups is 2. The minimum atomic E-state index is -1.15. The zero-order valence-electron chi connectivity index (χ0n) is 18.5. The number of carbonyl (C=O) groups excluding carboxylic acids is 3. The predicted molar refractivity (Wildman–Crippen MR) is 130 cm³/mol. The quantitative estimate of drug-likeness (QED) is 0.265. The number of anilines is 1. The van der Waals surface area contributed by atoms with Crippen molar-refractivity contribution >= 4 is 46.1 Å². The van der Waals surface area contributed by atoms with Crippen LogP contribution < -0.4 is 15.4 Å². The summed E-state index contributed by atoms with van der Waals surface area (Å²) in [7, 11) is 0. The molecular formula is C23H25FIN3O6. The lowest BCUT2D eigenvalue weighted by Crippen LogP contribution is -2.50. The third-order valence-corrected chi connectivity index (χ3v) is 5.88. The van der Waals surface area contributed by atoms with Crippen molar-refractivity contribution in [1.29, 1.82) is 0 Å². The van der Waals surface area contributed by atoms with Crippen LogP contribution in [0.5, 0.6) is 5.75 Å². The van der Waals surface area contributed by atoms with E-state index in [1.807, 2.05) is 22.6 Å². The Morgan fingerprint density at radius 2 is 1.91 bits per heavy atom. The van der Waals surface area contributed by atoms with Gasteiger partial charge in [-0.2, -0.15) is 0 Å². The molecule has 3 unspecified atom stereocenters. The number of ether oxygens (including phenoxy) is 1. The molecule has 11 heteroatoms. The van der Waals surface area contributed by atoms with Crippen molar-refractivity contribution in [1.82, 2.24) is 10.2 Å². The fourth-order valence-corrected chi connectivity index (χ4v) is 3.95. The van der Waals surface area contributed by atoms with Gasteiger partial charge in [-0.3, -0.25) is 9.59 Å². The first kappa shape index (κ1) is 25.8. The van der Waals surface area contributed by atoms with E-state index in [0.29, 0.717) is 14.9 Å². The van der Waals surface area contributed by atoms with Gasteiger partial charge in [-0.05, 0) is 64.4 Å². The number of benzene rings is 2. The molecule has 0 aromatic heterocycles. The second-order valence-corrected chi connectivity index (χ2v) is 9.36. The van der Waals surface area contributed by atoms with E-state index in [2.05, 4.69) is 10.6 Å². The molecule has 0 spiro atoms. The van der Waals surface area contributed by atoms with E-state index < -0.39 is 54.4 Å². The first-order valence-corrected chi connectivity index (χ1v) is 11.6. The largest absolute Gasteiger partial charge is 0.491 e. The molecule has 1 saturated heterocycles. The Kier molecular flexibility index (Phi) is 8.44. The SMILES string of the molecule is CC(C)C(C(=O)Nc1ccc(I)cc1F)N1C(=O)NC(c2ccc(OCC(O)CO)cc2)C1=O. The smallest absolute Gasteiger partial charge is 0.325 e. The number of halogens is 2. The number of amides is 4. The highest BCUT2D eigenvalue weighted by Gasteiger charge is 2.46. The number of aliphatic hydroxyl groups excluding tert-OH is 2. The van der Waals surface area contributed by atoms with Crippen LogP contribution in [0.25, 0.3) is 0 Å². The fourth-order valence-electron chi connectivity index (χ4n) is 3.50. The van der Waals surface area contributed by atoms with Crippen molar-refractivity contribution in [2.24, 2.45) is 5.92 Å². The second kappa shape index (κ2) is 11.1. The van der Waals surface area contributed by atoms with Crippen LogP contribution in [0, 0.1) is 15.3 Å². The first-order valence-electron chi connectivity index (χ1n) is 10.5.